The molecule has 0 aliphatic heterocycles. The molecule has 0 radical (unpaired) electrons. The van der Waals surface area contributed by atoms with E-state index in [0.29, 0.717) is 27.2 Å². The number of anilines is 2. The lowest BCUT2D eigenvalue weighted by Gasteiger charge is -2.12. The van der Waals surface area contributed by atoms with Gasteiger partial charge in [-0.05, 0) is 79.6 Å². The molecule has 2 N–H and O–H groups in total. The zero-order valence-electron chi connectivity index (χ0n) is 18.5. The molecule has 0 fully saturated rings. The Bertz CT molecular complexity index is 1300. The molecule has 0 unspecified atom stereocenters. The second-order valence-electron chi connectivity index (χ2n) is 7.40. The second kappa shape index (κ2) is 11.3. The minimum Gasteiger partial charge on any atom is -0.483 e. The third-order valence-electron chi connectivity index (χ3n) is 4.98. The summed E-state index contributed by atoms with van der Waals surface area (Å²) in [6.45, 7) is 3.50. The van der Waals surface area contributed by atoms with Crippen LogP contribution in [0.15, 0.2) is 70.7 Å². The highest BCUT2D eigenvalue weighted by atomic mass is 79.9. The van der Waals surface area contributed by atoms with Gasteiger partial charge in [0.05, 0.1) is 0 Å². The Balaban J connectivity index is 1.76. The van der Waals surface area contributed by atoms with E-state index < -0.39 is 17.6 Å². The van der Waals surface area contributed by atoms with E-state index in [4.69, 9.17) is 4.74 Å². The Hall–Kier alpha value is -3.96. The van der Waals surface area contributed by atoms with Gasteiger partial charge in [0.1, 0.15) is 23.2 Å². The maximum Gasteiger partial charge on any atom is 0.266 e. The SMILES string of the molecule is Cc1cccc(NC(=O)/C(C#N)=C\c2cc(Br)ccc2OCC(=O)Nc2ccc(F)cc2)c1C. The molecule has 0 saturated carbocycles. The van der Waals surface area contributed by atoms with Crippen LogP contribution in [0.3, 0.4) is 0 Å². The van der Waals surface area contributed by atoms with Crippen molar-refractivity contribution in [3.8, 4) is 11.8 Å². The first kappa shape index (κ1) is 24.7. The summed E-state index contributed by atoms with van der Waals surface area (Å²) in [5.41, 5.74) is 3.29. The quantitative estimate of drug-likeness (QED) is 0.305. The van der Waals surface area contributed by atoms with Gasteiger partial charge in [0.2, 0.25) is 0 Å². The van der Waals surface area contributed by atoms with Gasteiger partial charge in [-0.2, -0.15) is 5.26 Å². The number of nitrogens with zero attached hydrogens (tertiary/aromatic N) is 1. The van der Waals surface area contributed by atoms with Crippen molar-refractivity contribution in [3.63, 3.8) is 0 Å². The van der Waals surface area contributed by atoms with Crippen LogP contribution in [0.4, 0.5) is 15.8 Å². The molecule has 0 heterocycles. The summed E-state index contributed by atoms with van der Waals surface area (Å²) in [4.78, 5) is 25.0. The van der Waals surface area contributed by atoms with Crippen molar-refractivity contribution >= 4 is 45.2 Å². The highest BCUT2D eigenvalue weighted by Crippen LogP contribution is 2.26. The first-order chi connectivity index (χ1) is 16.3. The van der Waals surface area contributed by atoms with E-state index in [1.54, 1.807) is 24.3 Å². The van der Waals surface area contributed by atoms with Gasteiger partial charge in [0.25, 0.3) is 11.8 Å². The van der Waals surface area contributed by atoms with Crippen molar-refractivity contribution < 1.29 is 18.7 Å². The number of hydrogen-bond donors (Lipinski definition) is 2. The van der Waals surface area contributed by atoms with Gasteiger partial charge in [0.15, 0.2) is 6.61 Å². The monoisotopic (exact) mass is 521 g/mol. The number of carbonyl (C=O) groups is 2. The molecule has 0 bridgehead atoms. The maximum atomic E-state index is 13.0. The number of ether oxygens (including phenoxy) is 1. The van der Waals surface area contributed by atoms with E-state index in [2.05, 4.69) is 26.6 Å². The molecule has 6 nitrogen and oxygen atoms in total. The normalized spacial score (nSPS) is 10.9. The average Bonchev–Trinajstić information content (AvgIpc) is 2.81. The number of aryl methyl sites for hydroxylation is 1. The fraction of sp³-hybridized carbons (Fsp3) is 0.115. The van der Waals surface area contributed by atoms with E-state index in [9.17, 15) is 19.2 Å². The molecule has 0 aromatic heterocycles. The molecule has 0 aliphatic rings. The number of halogens is 2. The molecule has 172 valence electrons. The molecule has 3 rings (SSSR count). The third-order valence-corrected chi connectivity index (χ3v) is 5.47. The topological polar surface area (TPSA) is 91.2 Å². The largest absolute Gasteiger partial charge is 0.483 e. The van der Waals surface area contributed by atoms with Crippen molar-refractivity contribution in [2.45, 2.75) is 13.8 Å². The van der Waals surface area contributed by atoms with Crippen molar-refractivity contribution in [2.24, 2.45) is 0 Å². The number of nitrogens with one attached hydrogen (secondary N) is 2. The van der Waals surface area contributed by atoms with Crippen LogP contribution in [0.1, 0.15) is 16.7 Å². The van der Waals surface area contributed by atoms with Crippen LogP contribution in [-0.2, 0) is 9.59 Å². The van der Waals surface area contributed by atoms with Crippen molar-refractivity contribution in [3.05, 3.63) is 93.2 Å². The number of rotatable bonds is 7. The molecule has 0 aliphatic carbocycles. The lowest BCUT2D eigenvalue weighted by molar-refractivity contribution is -0.118. The molecule has 3 aromatic rings. The van der Waals surface area contributed by atoms with Gasteiger partial charge in [0, 0.05) is 21.4 Å². The van der Waals surface area contributed by atoms with Crippen LogP contribution in [0.2, 0.25) is 0 Å². The first-order valence-electron chi connectivity index (χ1n) is 10.2. The van der Waals surface area contributed by atoms with Gasteiger partial charge in [-0.15, -0.1) is 0 Å². The van der Waals surface area contributed by atoms with Gasteiger partial charge >= 0.3 is 0 Å². The molecular formula is C26H21BrFN3O3. The number of amides is 2. The minimum atomic E-state index is -0.559. The number of benzene rings is 3. The molecule has 0 saturated heterocycles. The Morgan fingerprint density at radius 1 is 1.09 bits per heavy atom. The van der Waals surface area contributed by atoms with Gasteiger partial charge in [-0.3, -0.25) is 9.59 Å². The van der Waals surface area contributed by atoms with E-state index in [0.717, 1.165) is 11.1 Å². The number of hydrogen-bond acceptors (Lipinski definition) is 4. The summed E-state index contributed by atoms with van der Waals surface area (Å²) in [6, 6.07) is 17.8. The van der Waals surface area contributed by atoms with Gasteiger partial charge in [-0.25, -0.2) is 4.39 Å². The highest BCUT2D eigenvalue weighted by molar-refractivity contribution is 9.10. The fourth-order valence-electron chi connectivity index (χ4n) is 3.02. The molecule has 8 heteroatoms. The summed E-state index contributed by atoms with van der Waals surface area (Å²) in [6.07, 6.45) is 1.40. The van der Waals surface area contributed by atoms with Gasteiger partial charge in [-0.1, -0.05) is 28.1 Å². The summed E-state index contributed by atoms with van der Waals surface area (Å²) in [5.74, 6) is -1.10. The van der Waals surface area contributed by atoms with Crippen molar-refractivity contribution in [1.29, 1.82) is 5.26 Å². The van der Waals surface area contributed by atoms with Crippen LogP contribution in [0, 0.1) is 31.0 Å². The Morgan fingerprint density at radius 2 is 1.82 bits per heavy atom. The number of nitriles is 1. The van der Waals surface area contributed by atoms with Crippen LogP contribution >= 0.6 is 15.9 Å². The van der Waals surface area contributed by atoms with Crippen LogP contribution in [0.25, 0.3) is 6.08 Å². The van der Waals surface area contributed by atoms with Crippen LogP contribution in [0.5, 0.6) is 5.75 Å². The Kier molecular flexibility index (Phi) is 8.17. The molecule has 34 heavy (non-hydrogen) atoms. The fourth-order valence-corrected chi connectivity index (χ4v) is 3.40. The minimum absolute atomic E-state index is 0.125. The smallest absolute Gasteiger partial charge is 0.266 e. The van der Waals surface area contributed by atoms with E-state index in [1.807, 2.05) is 32.0 Å². The molecule has 0 spiro atoms. The lowest BCUT2D eigenvalue weighted by atomic mass is 10.1. The van der Waals surface area contributed by atoms with Crippen LogP contribution in [-0.4, -0.2) is 18.4 Å². The Morgan fingerprint density at radius 3 is 2.53 bits per heavy atom. The first-order valence-corrected chi connectivity index (χ1v) is 11.0. The van der Waals surface area contributed by atoms with E-state index in [-0.39, 0.29) is 12.2 Å². The summed E-state index contributed by atoms with van der Waals surface area (Å²) in [5, 5.41) is 15.0. The number of carbonyl (C=O) groups excluding carboxylic acids is 2. The third kappa shape index (κ3) is 6.53. The second-order valence-corrected chi connectivity index (χ2v) is 8.31. The average molecular weight is 522 g/mol. The van der Waals surface area contributed by atoms with Crippen molar-refractivity contribution in [1.82, 2.24) is 0 Å². The van der Waals surface area contributed by atoms with Crippen LogP contribution < -0.4 is 15.4 Å². The molecular weight excluding hydrogens is 501 g/mol. The zero-order valence-corrected chi connectivity index (χ0v) is 20.1. The predicted molar refractivity (Wildman–Crippen MR) is 133 cm³/mol. The predicted octanol–water partition coefficient (Wildman–Crippen LogP) is 5.77. The zero-order chi connectivity index (χ0) is 24.7. The summed E-state index contributed by atoms with van der Waals surface area (Å²) in [7, 11) is 0. The lowest BCUT2D eigenvalue weighted by Crippen LogP contribution is -2.20. The van der Waals surface area contributed by atoms with Gasteiger partial charge < -0.3 is 15.4 Å². The maximum absolute atomic E-state index is 13.0. The Labute approximate surface area is 205 Å². The van der Waals surface area contributed by atoms with Crippen molar-refractivity contribution in [2.75, 3.05) is 17.2 Å². The van der Waals surface area contributed by atoms with E-state index >= 15 is 0 Å². The van der Waals surface area contributed by atoms with E-state index in [1.165, 1.54) is 30.3 Å². The molecule has 2 amide bonds. The standard InChI is InChI=1S/C26H21BrFN3O3/c1-16-4-3-5-23(17(16)2)31-26(33)19(14-29)12-18-13-20(27)6-11-24(18)34-15-25(32)30-22-9-7-21(28)8-10-22/h3-13H,15H2,1-2H3,(H,30,32)(H,31,33)/b19-12-. The summed E-state index contributed by atoms with van der Waals surface area (Å²) >= 11 is 3.37. The molecule has 0 atom stereocenters. The summed E-state index contributed by atoms with van der Waals surface area (Å²) < 4.78 is 19.4. The molecule has 3 aromatic carbocycles. The highest BCUT2D eigenvalue weighted by Gasteiger charge is 2.14.